The second kappa shape index (κ2) is 11.4. The van der Waals surface area contributed by atoms with Gasteiger partial charge in [0.05, 0.1) is 18.8 Å². The third-order valence-electron chi connectivity index (χ3n) is 2.59. The Balaban J connectivity index is 4.39. The summed E-state index contributed by atoms with van der Waals surface area (Å²) in [5.41, 5.74) is 6.44. The molecule has 0 saturated heterocycles. The molecule has 0 saturated carbocycles. The van der Waals surface area contributed by atoms with Crippen LogP contribution in [0.4, 0.5) is 4.39 Å². The van der Waals surface area contributed by atoms with Crippen LogP contribution in [0.2, 0.25) is 0 Å². The van der Waals surface area contributed by atoms with E-state index in [0.717, 1.165) is 5.57 Å². The van der Waals surface area contributed by atoms with Gasteiger partial charge in [0.15, 0.2) is 0 Å². The lowest BCUT2D eigenvalue weighted by Gasteiger charge is -2.21. The number of halogens is 1. The minimum absolute atomic E-state index is 0.433. The zero-order valence-corrected chi connectivity index (χ0v) is 12.6. The summed E-state index contributed by atoms with van der Waals surface area (Å²) in [6.07, 6.45) is 4.91. The van der Waals surface area contributed by atoms with E-state index in [9.17, 15) is 8.94 Å². The van der Waals surface area contributed by atoms with E-state index in [1.165, 1.54) is 7.11 Å². The van der Waals surface area contributed by atoms with Crippen LogP contribution in [-0.4, -0.2) is 55.7 Å². The standard InChI is InChI=1S/C13H24FNO3S/c1-4-11(13(18-3)12(15)10-14)6-5-8-19(16)9-7-17-2/h4-6,12-13H,7-10,15H2,1-3H3/b6-5-,11-4+. The quantitative estimate of drug-likeness (QED) is 0.485. The molecule has 0 aliphatic rings. The fraction of sp³-hybridized carbons (Fsp3) is 0.692. The SMILES string of the molecule is C/C=C(\C=C/C[S+]([O-])CCOC)C(OC)C(N)CF. The molecule has 0 aromatic carbocycles. The lowest BCUT2D eigenvalue weighted by molar-refractivity contribution is 0.102. The van der Waals surface area contributed by atoms with Gasteiger partial charge in [-0.1, -0.05) is 12.2 Å². The molecule has 3 unspecified atom stereocenters. The van der Waals surface area contributed by atoms with E-state index >= 15 is 0 Å². The van der Waals surface area contributed by atoms with Crippen molar-refractivity contribution in [2.75, 3.05) is 39.0 Å². The Hall–Kier alpha value is -0.400. The highest BCUT2D eigenvalue weighted by Gasteiger charge is 2.19. The van der Waals surface area contributed by atoms with Crippen LogP contribution in [0.25, 0.3) is 0 Å². The van der Waals surface area contributed by atoms with Crippen molar-refractivity contribution >= 4 is 11.2 Å². The zero-order valence-electron chi connectivity index (χ0n) is 11.8. The second-order valence-electron chi connectivity index (χ2n) is 3.97. The van der Waals surface area contributed by atoms with Crippen LogP contribution in [0.3, 0.4) is 0 Å². The van der Waals surface area contributed by atoms with E-state index in [4.69, 9.17) is 15.2 Å². The summed E-state index contributed by atoms with van der Waals surface area (Å²) >= 11 is -0.951. The predicted octanol–water partition coefficient (Wildman–Crippen LogP) is 1.20. The summed E-state index contributed by atoms with van der Waals surface area (Å²) in [5, 5.41) is 0. The minimum atomic E-state index is -0.951. The lowest BCUT2D eigenvalue weighted by Crippen LogP contribution is -2.39. The van der Waals surface area contributed by atoms with E-state index in [1.807, 2.05) is 13.0 Å². The molecule has 112 valence electrons. The van der Waals surface area contributed by atoms with Crippen molar-refractivity contribution in [3.05, 3.63) is 23.8 Å². The van der Waals surface area contributed by atoms with Crippen molar-refractivity contribution in [3.63, 3.8) is 0 Å². The number of methoxy groups -OCH3 is 2. The van der Waals surface area contributed by atoms with Crippen molar-refractivity contribution in [1.82, 2.24) is 0 Å². The van der Waals surface area contributed by atoms with E-state index in [0.29, 0.717) is 18.1 Å². The molecule has 0 amide bonds. The molecule has 0 fully saturated rings. The number of nitrogens with two attached hydrogens (primary N) is 1. The highest BCUT2D eigenvalue weighted by molar-refractivity contribution is 7.91. The van der Waals surface area contributed by atoms with Gasteiger partial charge in [0.25, 0.3) is 0 Å². The minimum Gasteiger partial charge on any atom is -0.616 e. The van der Waals surface area contributed by atoms with Gasteiger partial charge in [-0.3, -0.25) is 0 Å². The van der Waals surface area contributed by atoms with E-state index < -0.39 is 30.0 Å². The molecule has 0 bridgehead atoms. The Morgan fingerprint density at radius 1 is 1.47 bits per heavy atom. The fourth-order valence-electron chi connectivity index (χ4n) is 1.55. The Morgan fingerprint density at radius 3 is 2.63 bits per heavy atom. The Labute approximate surface area is 118 Å². The lowest BCUT2D eigenvalue weighted by atomic mass is 10.0. The van der Waals surface area contributed by atoms with Gasteiger partial charge in [0.2, 0.25) is 0 Å². The molecule has 0 spiro atoms. The molecule has 0 aliphatic carbocycles. The summed E-state index contributed by atoms with van der Waals surface area (Å²) < 4.78 is 34.2. The number of ether oxygens (including phenoxy) is 2. The number of hydrogen-bond donors (Lipinski definition) is 1. The summed E-state index contributed by atoms with van der Waals surface area (Å²) in [4.78, 5) is 0. The van der Waals surface area contributed by atoms with Gasteiger partial charge in [0, 0.05) is 14.2 Å². The normalized spacial score (nSPS) is 17.7. The van der Waals surface area contributed by atoms with Crippen LogP contribution in [-0.2, 0) is 20.6 Å². The Kier molecular flexibility index (Phi) is 11.2. The van der Waals surface area contributed by atoms with Crippen molar-refractivity contribution in [1.29, 1.82) is 0 Å². The summed E-state index contributed by atoms with van der Waals surface area (Å²) in [5.74, 6) is 0.936. The zero-order chi connectivity index (χ0) is 14.7. The largest absolute Gasteiger partial charge is 0.616 e. The van der Waals surface area contributed by atoms with Crippen LogP contribution in [0.15, 0.2) is 23.8 Å². The Bertz CT molecular complexity index is 287. The van der Waals surface area contributed by atoms with Gasteiger partial charge in [0.1, 0.15) is 18.2 Å². The molecule has 6 heteroatoms. The highest BCUT2D eigenvalue weighted by Crippen LogP contribution is 2.12. The molecular weight excluding hydrogens is 269 g/mol. The monoisotopic (exact) mass is 293 g/mol. The highest BCUT2D eigenvalue weighted by atomic mass is 32.2. The average Bonchev–Trinajstić information content (AvgIpc) is 2.43. The molecule has 0 rings (SSSR count). The van der Waals surface area contributed by atoms with E-state index in [1.54, 1.807) is 19.3 Å². The van der Waals surface area contributed by atoms with Crippen LogP contribution in [0.5, 0.6) is 0 Å². The fourth-order valence-corrected chi connectivity index (χ4v) is 2.38. The van der Waals surface area contributed by atoms with E-state index in [-0.39, 0.29) is 0 Å². The molecule has 3 atom stereocenters. The van der Waals surface area contributed by atoms with Crippen molar-refractivity contribution in [3.8, 4) is 0 Å². The number of alkyl halides is 1. The summed E-state index contributed by atoms with van der Waals surface area (Å²) in [7, 11) is 3.07. The van der Waals surface area contributed by atoms with Gasteiger partial charge in [-0.2, -0.15) is 0 Å². The topological polar surface area (TPSA) is 67.5 Å². The smallest absolute Gasteiger partial charge is 0.129 e. The average molecular weight is 293 g/mol. The van der Waals surface area contributed by atoms with Crippen molar-refractivity contribution in [2.24, 2.45) is 5.73 Å². The number of rotatable bonds is 10. The molecular formula is C13H24FNO3S. The second-order valence-corrected chi connectivity index (χ2v) is 5.59. The third-order valence-corrected chi connectivity index (χ3v) is 3.78. The van der Waals surface area contributed by atoms with Crippen molar-refractivity contribution < 1.29 is 18.4 Å². The van der Waals surface area contributed by atoms with Gasteiger partial charge >= 0.3 is 0 Å². The van der Waals surface area contributed by atoms with E-state index in [2.05, 4.69) is 0 Å². The van der Waals surface area contributed by atoms with Crippen LogP contribution < -0.4 is 5.73 Å². The molecule has 4 nitrogen and oxygen atoms in total. The first kappa shape index (κ1) is 18.6. The number of hydrogen-bond acceptors (Lipinski definition) is 4. The molecule has 2 N–H and O–H groups in total. The maximum Gasteiger partial charge on any atom is 0.129 e. The maximum absolute atomic E-state index is 12.6. The molecule has 0 aromatic rings. The van der Waals surface area contributed by atoms with Crippen LogP contribution in [0.1, 0.15) is 6.92 Å². The molecule has 0 aromatic heterocycles. The molecule has 0 radical (unpaired) electrons. The number of allylic oxidation sites excluding steroid dienone is 1. The van der Waals surface area contributed by atoms with Gasteiger partial charge < -0.3 is 19.8 Å². The molecule has 0 heterocycles. The van der Waals surface area contributed by atoms with Gasteiger partial charge in [-0.15, -0.1) is 0 Å². The van der Waals surface area contributed by atoms with Crippen molar-refractivity contribution in [2.45, 2.75) is 19.1 Å². The first-order valence-electron chi connectivity index (χ1n) is 6.11. The molecule has 19 heavy (non-hydrogen) atoms. The summed E-state index contributed by atoms with van der Waals surface area (Å²) in [6, 6.07) is -0.695. The Morgan fingerprint density at radius 2 is 2.16 bits per heavy atom. The first-order chi connectivity index (χ1) is 9.10. The van der Waals surface area contributed by atoms with Gasteiger partial charge in [-0.25, -0.2) is 4.39 Å². The maximum atomic E-state index is 12.6. The third kappa shape index (κ3) is 7.69. The summed E-state index contributed by atoms with van der Waals surface area (Å²) in [6.45, 7) is 1.66. The van der Waals surface area contributed by atoms with Gasteiger partial charge in [-0.05, 0) is 29.7 Å². The molecule has 0 aliphatic heterocycles. The predicted molar refractivity (Wildman–Crippen MR) is 77.4 cm³/mol. The van der Waals surface area contributed by atoms with Crippen LogP contribution >= 0.6 is 0 Å². The first-order valence-corrected chi connectivity index (χ1v) is 7.60. The van der Waals surface area contributed by atoms with Crippen LogP contribution in [0, 0.1) is 0 Å².